The second kappa shape index (κ2) is 9.91. The number of hydrogen-bond acceptors (Lipinski definition) is 4. The van der Waals surface area contributed by atoms with Crippen molar-refractivity contribution in [2.45, 2.75) is 11.4 Å². The topological polar surface area (TPSA) is 78.8 Å². The average Bonchev–Trinajstić information content (AvgIpc) is 2.76. The molecule has 0 unspecified atom stereocenters. The lowest BCUT2D eigenvalue weighted by molar-refractivity contribution is -0.121. The first kappa shape index (κ1) is 21.4. The number of nitrogens with zero attached hydrogens (tertiary/aromatic N) is 2. The van der Waals surface area contributed by atoms with Crippen LogP contribution in [0.15, 0.2) is 94.9 Å². The van der Waals surface area contributed by atoms with Crippen LogP contribution in [0, 0.1) is 5.82 Å². The molecule has 0 fully saturated rings. The molecule has 0 spiro atoms. The van der Waals surface area contributed by atoms with E-state index in [1.165, 1.54) is 42.6 Å². The Morgan fingerprint density at radius 2 is 1.53 bits per heavy atom. The molecule has 0 atom stereocenters. The van der Waals surface area contributed by atoms with Crippen molar-refractivity contribution < 1.29 is 17.6 Å². The van der Waals surface area contributed by atoms with Crippen LogP contribution in [0.5, 0.6) is 0 Å². The standard InChI is InChI=1S/C22H20FN3O3S/c23-20-13-11-18(12-14-20)15-24-25-22(27)17-26(16-19-7-3-1-4-8-19)30(28,29)21-9-5-2-6-10-21/h1-15H,16-17H2,(H,25,27). The highest BCUT2D eigenvalue weighted by atomic mass is 32.2. The van der Waals surface area contributed by atoms with E-state index in [-0.39, 0.29) is 17.3 Å². The molecule has 0 heterocycles. The molecule has 0 aliphatic carbocycles. The highest BCUT2D eigenvalue weighted by Crippen LogP contribution is 2.18. The minimum Gasteiger partial charge on any atom is -0.272 e. The van der Waals surface area contributed by atoms with Crippen LogP contribution in [-0.4, -0.2) is 31.4 Å². The highest BCUT2D eigenvalue weighted by Gasteiger charge is 2.26. The molecular weight excluding hydrogens is 405 g/mol. The van der Waals surface area contributed by atoms with E-state index >= 15 is 0 Å². The quantitative estimate of drug-likeness (QED) is 0.445. The van der Waals surface area contributed by atoms with Gasteiger partial charge in [0.25, 0.3) is 5.91 Å². The van der Waals surface area contributed by atoms with Crippen LogP contribution in [0.4, 0.5) is 4.39 Å². The Labute approximate surface area is 174 Å². The van der Waals surface area contributed by atoms with Crippen molar-refractivity contribution in [2.75, 3.05) is 6.54 Å². The van der Waals surface area contributed by atoms with E-state index in [4.69, 9.17) is 0 Å². The maximum Gasteiger partial charge on any atom is 0.255 e. The van der Waals surface area contributed by atoms with E-state index in [0.29, 0.717) is 5.56 Å². The molecule has 0 bridgehead atoms. The Morgan fingerprint density at radius 3 is 2.17 bits per heavy atom. The van der Waals surface area contributed by atoms with Gasteiger partial charge in [-0.3, -0.25) is 4.79 Å². The molecule has 1 amide bonds. The molecule has 0 radical (unpaired) electrons. The summed E-state index contributed by atoms with van der Waals surface area (Å²) in [5.41, 5.74) is 3.66. The Balaban J connectivity index is 1.74. The molecule has 8 heteroatoms. The van der Waals surface area contributed by atoms with E-state index in [1.54, 1.807) is 42.5 Å². The molecule has 6 nitrogen and oxygen atoms in total. The predicted molar refractivity (Wildman–Crippen MR) is 113 cm³/mol. The minimum absolute atomic E-state index is 0.0349. The van der Waals surface area contributed by atoms with E-state index in [9.17, 15) is 17.6 Å². The summed E-state index contributed by atoms with van der Waals surface area (Å²) in [6, 6.07) is 22.5. The number of sulfonamides is 1. The molecule has 0 aliphatic heterocycles. The van der Waals surface area contributed by atoms with Gasteiger partial charge in [-0.05, 0) is 35.4 Å². The van der Waals surface area contributed by atoms with Crippen molar-refractivity contribution in [3.8, 4) is 0 Å². The first-order valence-corrected chi connectivity index (χ1v) is 10.6. The van der Waals surface area contributed by atoms with Crippen molar-refractivity contribution in [3.63, 3.8) is 0 Å². The van der Waals surface area contributed by atoms with Crippen LogP contribution in [0.25, 0.3) is 0 Å². The molecule has 3 rings (SSSR count). The van der Waals surface area contributed by atoms with Gasteiger partial charge >= 0.3 is 0 Å². The fourth-order valence-electron chi connectivity index (χ4n) is 2.68. The first-order valence-electron chi connectivity index (χ1n) is 9.12. The summed E-state index contributed by atoms with van der Waals surface area (Å²) in [4.78, 5) is 12.5. The summed E-state index contributed by atoms with van der Waals surface area (Å²) >= 11 is 0. The lowest BCUT2D eigenvalue weighted by Gasteiger charge is -2.21. The normalized spacial score (nSPS) is 11.7. The number of nitrogens with one attached hydrogen (secondary N) is 1. The lowest BCUT2D eigenvalue weighted by Crippen LogP contribution is -2.39. The molecule has 154 valence electrons. The third-order valence-electron chi connectivity index (χ3n) is 4.18. The van der Waals surface area contributed by atoms with Crippen molar-refractivity contribution in [1.82, 2.24) is 9.73 Å². The summed E-state index contributed by atoms with van der Waals surface area (Å²) in [6.45, 7) is -0.375. The zero-order valence-electron chi connectivity index (χ0n) is 16.0. The smallest absolute Gasteiger partial charge is 0.255 e. The molecule has 0 saturated heterocycles. The summed E-state index contributed by atoms with van der Waals surface area (Å²) in [5, 5.41) is 3.82. The van der Waals surface area contributed by atoms with Crippen LogP contribution in [0.1, 0.15) is 11.1 Å². The number of hydrogen-bond donors (Lipinski definition) is 1. The Kier molecular flexibility index (Phi) is 7.05. The van der Waals surface area contributed by atoms with Crippen LogP contribution < -0.4 is 5.43 Å². The third-order valence-corrected chi connectivity index (χ3v) is 5.98. The third kappa shape index (κ3) is 5.82. The number of benzene rings is 3. The monoisotopic (exact) mass is 425 g/mol. The summed E-state index contributed by atoms with van der Waals surface area (Å²) < 4.78 is 40.2. The number of halogens is 1. The fourth-order valence-corrected chi connectivity index (χ4v) is 4.08. The highest BCUT2D eigenvalue weighted by molar-refractivity contribution is 7.89. The largest absolute Gasteiger partial charge is 0.272 e. The van der Waals surface area contributed by atoms with E-state index in [1.807, 2.05) is 6.07 Å². The Hall–Kier alpha value is -3.36. The minimum atomic E-state index is -3.90. The zero-order valence-corrected chi connectivity index (χ0v) is 16.8. The van der Waals surface area contributed by atoms with Gasteiger partial charge in [0.05, 0.1) is 17.7 Å². The van der Waals surface area contributed by atoms with Gasteiger partial charge in [-0.2, -0.15) is 9.41 Å². The number of rotatable bonds is 8. The Morgan fingerprint density at radius 1 is 0.933 bits per heavy atom. The van der Waals surface area contributed by atoms with E-state index < -0.39 is 22.5 Å². The summed E-state index contributed by atoms with van der Waals surface area (Å²) in [7, 11) is -3.90. The SMILES string of the molecule is O=C(CN(Cc1ccccc1)S(=O)(=O)c1ccccc1)NN=Cc1ccc(F)cc1. The summed E-state index contributed by atoms with van der Waals surface area (Å²) in [5.74, 6) is -0.970. The second-order valence-electron chi connectivity index (χ2n) is 6.42. The zero-order chi connectivity index (χ0) is 21.4. The van der Waals surface area contributed by atoms with Crippen LogP contribution in [0.2, 0.25) is 0 Å². The van der Waals surface area contributed by atoms with Gasteiger partial charge < -0.3 is 0 Å². The average molecular weight is 425 g/mol. The van der Waals surface area contributed by atoms with Gasteiger partial charge in [0, 0.05) is 6.54 Å². The van der Waals surface area contributed by atoms with Crippen molar-refractivity contribution in [3.05, 3.63) is 102 Å². The summed E-state index contributed by atoms with van der Waals surface area (Å²) in [6.07, 6.45) is 1.35. The lowest BCUT2D eigenvalue weighted by atomic mass is 10.2. The first-order chi connectivity index (χ1) is 14.4. The van der Waals surface area contributed by atoms with Crippen LogP contribution in [0.3, 0.4) is 0 Å². The molecule has 30 heavy (non-hydrogen) atoms. The fraction of sp³-hybridized carbons (Fsp3) is 0.0909. The van der Waals surface area contributed by atoms with Gasteiger partial charge in [0.1, 0.15) is 5.82 Å². The Bertz CT molecular complexity index is 1100. The van der Waals surface area contributed by atoms with E-state index in [0.717, 1.165) is 9.87 Å². The number of amides is 1. The van der Waals surface area contributed by atoms with Gasteiger partial charge in [0.15, 0.2) is 0 Å². The van der Waals surface area contributed by atoms with E-state index in [2.05, 4.69) is 10.5 Å². The molecule has 0 aromatic heterocycles. The molecule has 3 aromatic carbocycles. The van der Waals surface area contributed by atoms with Gasteiger partial charge in [-0.15, -0.1) is 0 Å². The number of carbonyl (C=O) groups is 1. The molecule has 0 saturated carbocycles. The van der Waals surface area contributed by atoms with Crippen molar-refractivity contribution >= 4 is 22.1 Å². The van der Waals surface area contributed by atoms with Crippen molar-refractivity contribution in [2.24, 2.45) is 5.10 Å². The maximum atomic E-state index is 13.1. The van der Waals surface area contributed by atoms with Crippen LogP contribution in [-0.2, 0) is 21.4 Å². The predicted octanol–water partition coefficient (Wildman–Crippen LogP) is 3.17. The molecule has 3 aromatic rings. The molecular formula is C22H20FN3O3S. The number of carbonyl (C=O) groups excluding carboxylic acids is 1. The van der Waals surface area contributed by atoms with Gasteiger partial charge in [-0.25, -0.2) is 18.2 Å². The second-order valence-corrected chi connectivity index (χ2v) is 8.35. The van der Waals surface area contributed by atoms with Crippen LogP contribution >= 0.6 is 0 Å². The van der Waals surface area contributed by atoms with Gasteiger partial charge in [-0.1, -0.05) is 60.7 Å². The molecule has 0 aliphatic rings. The number of hydrazone groups is 1. The maximum absolute atomic E-state index is 13.1. The molecule has 1 N–H and O–H groups in total. The van der Waals surface area contributed by atoms with Crippen molar-refractivity contribution in [1.29, 1.82) is 0 Å². The van der Waals surface area contributed by atoms with Gasteiger partial charge in [0.2, 0.25) is 10.0 Å².